The number of imidazole rings is 1. The molecule has 0 aliphatic carbocycles. The number of carbonyl (C=O) groups is 1. The molecule has 0 saturated carbocycles. The van der Waals surface area contributed by atoms with E-state index in [1.165, 1.54) is 0 Å². The third-order valence-electron chi connectivity index (χ3n) is 6.07. The van der Waals surface area contributed by atoms with Crippen LogP contribution >= 0.6 is 19.2 Å². The molecule has 0 saturated heterocycles. The number of esters is 1. The van der Waals surface area contributed by atoms with Crippen molar-refractivity contribution in [1.29, 1.82) is 0 Å². The SMILES string of the molecule is CCCCc1nc(Cl)c(C(=O)OCP(=O)(OCC)OCC)n1Cc1ccc(-c2ccccc2)c(-c2nnn[nH]2)c1. The maximum Gasteiger partial charge on any atom is 0.367 e. The monoisotopic (exact) mass is 586 g/mol. The van der Waals surface area contributed by atoms with E-state index in [1.807, 2.05) is 48.5 Å². The van der Waals surface area contributed by atoms with Crippen LogP contribution in [0.2, 0.25) is 5.15 Å². The molecule has 0 aliphatic heterocycles. The number of unbranched alkanes of at least 4 members (excludes halogenated alkanes) is 1. The van der Waals surface area contributed by atoms with Crippen molar-refractivity contribution in [2.24, 2.45) is 0 Å². The van der Waals surface area contributed by atoms with Crippen molar-refractivity contribution in [3.8, 4) is 22.5 Å². The lowest BCUT2D eigenvalue weighted by molar-refractivity contribution is 0.0520. The predicted molar refractivity (Wildman–Crippen MR) is 151 cm³/mol. The average Bonchev–Trinajstić information content (AvgIpc) is 3.60. The topological polar surface area (TPSA) is 134 Å². The largest absolute Gasteiger partial charge is 0.448 e. The number of aryl methyl sites for hydroxylation is 1. The van der Waals surface area contributed by atoms with Crippen LogP contribution in [-0.4, -0.2) is 55.7 Å². The first-order valence-electron chi connectivity index (χ1n) is 13.1. The van der Waals surface area contributed by atoms with E-state index in [2.05, 4.69) is 32.5 Å². The molecule has 0 fully saturated rings. The molecule has 4 aromatic rings. The summed E-state index contributed by atoms with van der Waals surface area (Å²) in [4.78, 5) is 17.8. The van der Waals surface area contributed by atoms with E-state index in [9.17, 15) is 9.36 Å². The number of hydrogen-bond acceptors (Lipinski definition) is 9. The normalized spacial score (nSPS) is 11.6. The molecular formula is C27H32ClN6O5P. The summed E-state index contributed by atoms with van der Waals surface area (Å²) in [6.45, 7) is 6.02. The molecule has 40 heavy (non-hydrogen) atoms. The Hall–Kier alpha value is -3.37. The van der Waals surface area contributed by atoms with Crippen LogP contribution in [0, 0.1) is 0 Å². The van der Waals surface area contributed by atoms with Crippen LogP contribution in [0.3, 0.4) is 0 Å². The van der Waals surface area contributed by atoms with Gasteiger partial charge < -0.3 is 18.4 Å². The van der Waals surface area contributed by atoms with Gasteiger partial charge in [-0.25, -0.2) is 14.9 Å². The number of halogens is 1. The van der Waals surface area contributed by atoms with Gasteiger partial charge in [0.2, 0.25) is 0 Å². The highest BCUT2D eigenvalue weighted by Gasteiger charge is 2.29. The zero-order valence-corrected chi connectivity index (χ0v) is 24.3. The maximum absolute atomic E-state index is 13.3. The minimum Gasteiger partial charge on any atom is -0.448 e. The van der Waals surface area contributed by atoms with Crippen LogP contribution in [0.25, 0.3) is 22.5 Å². The molecule has 0 aliphatic rings. The second-order valence-electron chi connectivity index (χ2n) is 8.86. The van der Waals surface area contributed by atoms with E-state index in [1.54, 1.807) is 18.4 Å². The van der Waals surface area contributed by atoms with Gasteiger partial charge in [0.15, 0.2) is 23.0 Å². The minimum atomic E-state index is -3.61. The van der Waals surface area contributed by atoms with Gasteiger partial charge in [0.25, 0.3) is 0 Å². The summed E-state index contributed by atoms with van der Waals surface area (Å²) in [6, 6.07) is 15.8. The molecule has 2 aromatic heterocycles. The molecule has 2 aromatic carbocycles. The zero-order valence-electron chi connectivity index (χ0n) is 22.7. The molecule has 0 bridgehead atoms. The standard InChI is InChI=1S/C27H32ClN6O5P/c1-4-7-13-23-29-25(28)24(27(35)37-18-40(36,38-5-2)39-6-3)34(23)17-19-14-15-21(20-11-9-8-10-12-20)22(16-19)26-30-32-33-31-26/h8-12,14-16H,4-7,13,17-18H2,1-3H3,(H,30,31,32,33). The minimum absolute atomic E-state index is 0.0133. The zero-order chi connectivity index (χ0) is 28.5. The van der Waals surface area contributed by atoms with Crippen molar-refractivity contribution in [3.05, 3.63) is 70.8 Å². The van der Waals surface area contributed by atoms with Crippen molar-refractivity contribution in [2.45, 2.75) is 46.6 Å². The number of aromatic amines is 1. The van der Waals surface area contributed by atoms with Crippen LogP contribution in [0.4, 0.5) is 0 Å². The summed E-state index contributed by atoms with van der Waals surface area (Å²) in [5.41, 5.74) is 3.68. The van der Waals surface area contributed by atoms with E-state index < -0.39 is 19.9 Å². The molecule has 0 unspecified atom stereocenters. The second-order valence-corrected chi connectivity index (χ2v) is 11.2. The van der Waals surface area contributed by atoms with Gasteiger partial charge in [0.05, 0.1) is 13.2 Å². The van der Waals surface area contributed by atoms with E-state index in [-0.39, 0.29) is 30.6 Å². The number of hydrogen-bond donors (Lipinski definition) is 1. The van der Waals surface area contributed by atoms with Crippen LogP contribution in [0.5, 0.6) is 0 Å². The van der Waals surface area contributed by atoms with Crippen molar-refractivity contribution >= 4 is 25.2 Å². The quantitative estimate of drug-likeness (QED) is 0.136. The number of nitrogens with zero attached hydrogens (tertiary/aromatic N) is 5. The fourth-order valence-corrected chi connectivity index (χ4v) is 5.84. The van der Waals surface area contributed by atoms with Gasteiger partial charge in [-0.2, -0.15) is 0 Å². The van der Waals surface area contributed by atoms with Crippen LogP contribution in [0.15, 0.2) is 48.5 Å². The van der Waals surface area contributed by atoms with Gasteiger partial charge in [-0.15, -0.1) is 5.10 Å². The van der Waals surface area contributed by atoms with Gasteiger partial charge in [-0.1, -0.05) is 67.4 Å². The third kappa shape index (κ3) is 7.03. The first-order chi connectivity index (χ1) is 19.4. The number of nitrogens with one attached hydrogen (secondary N) is 1. The van der Waals surface area contributed by atoms with Gasteiger partial charge in [0.1, 0.15) is 5.82 Å². The summed E-state index contributed by atoms with van der Waals surface area (Å²) in [7, 11) is -3.61. The molecule has 13 heteroatoms. The fraction of sp³-hybridized carbons (Fsp3) is 0.370. The Balaban J connectivity index is 1.70. The Labute approximate surface area is 237 Å². The van der Waals surface area contributed by atoms with Gasteiger partial charge in [-0.05, 0) is 53.5 Å². The van der Waals surface area contributed by atoms with Crippen LogP contribution in [-0.2, 0) is 31.3 Å². The lowest BCUT2D eigenvalue weighted by Gasteiger charge is -2.17. The Morgan fingerprint density at radius 2 is 1.80 bits per heavy atom. The summed E-state index contributed by atoms with van der Waals surface area (Å²) in [6.07, 6.45) is 1.87. The molecule has 4 rings (SSSR count). The van der Waals surface area contributed by atoms with Crippen molar-refractivity contribution in [1.82, 2.24) is 30.2 Å². The van der Waals surface area contributed by atoms with Crippen molar-refractivity contribution in [3.63, 3.8) is 0 Å². The first kappa shape index (κ1) is 29.6. The van der Waals surface area contributed by atoms with E-state index in [4.69, 9.17) is 25.4 Å². The number of tetrazole rings is 1. The lowest BCUT2D eigenvalue weighted by Crippen LogP contribution is -2.17. The molecule has 0 spiro atoms. The summed E-state index contributed by atoms with van der Waals surface area (Å²) < 4.78 is 30.5. The maximum atomic E-state index is 13.3. The van der Waals surface area contributed by atoms with E-state index in [0.717, 1.165) is 35.1 Å². The molecule has 0 amide bonds. The van der Waals surface area contributed by atoms with Crippen molar-refractivity contribution < 1.29 is 23.1 Å². The number of aromatic nitrogens is 6. The highest BCUT2D eigenvalue weighted by atomic mass is 35.5. The van der Waals surface area contributed by atoms with Crippen LogP contribution < -0.4 is 0 Å². The summed E-state index contributed by atoms with van der Waals surface area (Å²) >= 11 is 6.48. The van der Waals surface area contributed by atoms with Crippen LogP contribution in [0.1, 0.15) is 55.5 Å². The van der Waals surface area contributed by atoms with Gasteiger partial charge >= 0.3 is 13.6 Å². The molecule has 0 radical (unpaired) electrons. The number of carbonyl (C=O) groups excluding carboxylic acids is 1. The highest BCUT2D eigenvalue weighted by molar-refractivity contribution is 7.53. The first-order valence-corrected chi connectivity index (χ1v) is 15.2. The summed E-state index contributed by atoms with van der Waals surface area (Å²) in [5, 5.41) is 14.5. The van der Waals surface area contributed by atoms with Gasteiger partial charge in [-0.3, -0.25) is 4.57 Å². The molecule has 1 N–H and O–H groups in total. The van der Waals surface area contributed by atoms with E-state index in [0.29, 0.717) is 18.1 Å². The average molecular weight is 587 g/mol. The number of ether oxygens (including phenoxy) is 1. The Morgan fingerprint density at radius 3 is 2.45 bits per heavy atom. The molecule has 212 valence electrons. The lowest BCUT2D eigenvalue weighted by atomic mass is 9.97. The van der Waals surface area contributed by atoms with Gasteiger partial charge in [0, 0.05) is 18.5 Å². The summed E-state index contributed by atoms with van der Waals surface area (Å²) in [5.74, 6) is 0.393. The van der Waals surface area contributed by atoms with Crippen molar-refractivity contribution in [2.75, 3.05) is 19.6 Å². The highest BCUT2D eigenvalue weighted by Crippen LogP contribution is 2.48. The smallest absolute Gasteiger partial charge is 0.367 e. The molecule has 11 nitrogen and oxygen atoms in total. The Bertz CT molecular complexity index is 1450. The second kappa shape index (κ2) is 13.8. The molecular weight excluding hydrogens is 555 g/mol. The number of H-pyrrole nitrogens is 1. The number of rotatable bonds is 14. The molecule has 2 heterocycles. The van der Waals surface area contributed by atoms with E-state index >= 15 is 0 Å². The Kier molecular flexibility index (Phi) is 10.2. The Morgan fingerprint density at radius 1 is 1.05 bits per heavy atom. The fourth-order valence-electron chi connectivity index (χ4n) is 4.28. The third-order valence-corrected chi connectivity index (χ3v) is 8.08. The molecule has 0 atom stereocenters. The number of benzene rings is 2. The predicted octanol–water partition coefficient (Wildman–Crippen LogP) is 6.15.